The van der Waals surface area contributed by atoms with E-state index in [2.05, 4.69) is 35.4 Å². The number of anilines is 1. The predicted molar refractivity (Wildman–Crippen MR) is 88.3 cm³/mol. The van der Waals surface area contributed by atoms with Gasteiger partial charge in [0.25, 0.3) is 0 Å². The van der Waals surface area contributed by atoms with Gasteiger partial charge in [-0.05, 0) is 45.4 Å². The van der Waals surface area contributed by atoms with Crippen LogP contribution in [0.4, 0.5) is 5.69 Å². The van der Waals surface area contributed by atoms with Crippen molar-refractivity contribution in [3.05, 3.63) is 52.8 Å². The van der Waals surface area contributed by atoms with Gasteiger partial charge in [0.15, 0.2) is 5.78 Å². The van der Waals surface area contributed by atoms with Crippen molar-refractivity contribution in [2.75, 3.05) is 18.0 Å². The van der Waals surface area contributed by atoms with Crippen molar-refractivity contribution >= 4 is 11.5 Å². The number of para-hydroxylation sites is 1. The number of Topliss-reactive ketones (excluding diaryl/α,β-unsaturated/α-hetero) is 1. The zero-order valence-corrected chi connectivity index (χ0v) is 13.6. The first-order chi connectivity index (χ1) is 9.95. The average Bonchev–Trinajstić information content (AvgIpc) is 2.73. The molecular weight excluding hydrogens is 260 g/mol. The van der Waals surface area contributed by atoms with Crippen LogP contribution in [0.15, 0.2) is 30.3 Å². The minimum absolute atomic E-state index is 0.182. The Morgan fingerprint density at radius 2 is 1.86 bits per heavy atom. The third kappa shape index (κ3) is 3.02. The van der Waals surface area contributed by atoms with E-state index in [-0.39, 0.29) is 5.78 Å². The Hall–Kier alpha value is -2.03. The normalized spacial score (nSPS) is 10.7. The van der Waals surface area contributed by atoms with Gasteiger partial charge in [0, 0.05) is 36.2 Å². The molecule has 2 rings (SSSR count). The summed E-state index contributed by atoms with van der Waals surface area (Å²) in [7, 11) is 2.00. The molecule has 0 saturated heterocycles. The maximum absolute atomic E-state index is 12.6. The van der Waals surface area contributed by atoms with Crippen molar-refractivity contribution in [1.29, 1.82) is 0 Å². The quantitative estimate of drug-likeness (QED) is 0.783. The summed E-state index contributed by atoms with van der Waals surface area (Å²) in [6.07, 6.45) is 0. The number of aromatic nitrogens is 1. The highest BCUT2D eigenvalue weighted by Gasteiger charge is 2.17. The molecule has 0 aliphatic carbocycles. The number of nitrogens with zero attached hydrogens (tertiary/aromatic N) is 2. The van der Waals surface area contributed by atoms with E-state index in [1.165, 1.54) is 5.56 Å². The SMILES string of the molecule is CCN(CC(=O)c1cc(C)n(C)c1C)c1ccccc1C. The summed E-state index contributed by atoms with van der Waals surface area (Å²) in [4.78, 5) is 14.8. The molecule has 1 aromatic heterocycles. The zero-order valence-electron chi connectivity index (χ0n) is 13.6. The van der Waals surface area contributed by atoms with Crippen LogP contribution in [0.25, 0.3) is 0 Å². The van der Waals surface area contributed by atoms with E-state index >= 15 is 0 Å². The van der Waals surface area contributed by atoms with Crippen LogP contribution < -0.4 is 4.90 Å². The lowest BCUT2D eigenvalue weighted by Crippen LogP contribution is -2.30. The molecule has 2 aromatic rings. The van der Waals surface area contributed by atoms with Gasteiger partial charge in [-0.15, -0.1) is 0 Å². The Morgan fingerprint density at radius 3 is 2.38 bits per heavy atom. The summed E-state index contributed by atoms with van der Waals surface area (Å²) in [5, 5.41) is 0. The lowest BCUT2D eigenvalue weighted by Gasteiger charge is -2.24. The maximum Gasteiger partial charge on any atom is 0.183 e. The zero-order chi connectivity index (χ0) is 15.6. The van der Waals surface area contributed by atoms with Crippen molar-refractivity contribution in [3.8, 4) is 0 Å². The second-order valence-corrected chi connectivity index (χ2v) is 5.57. The van der Waals surface area contributed by atoms with Crippen LogP contribution in [-0.4, -0.2) is 23.4 Å². The van der Waals surface area contributed by atoms with Crippen LogP contribution in [0, 0.1) is 20.8 Å². The highest BCUT2D eigenvalue weighted by Crippen LogP contribution is 2.21. The molecule has 0 atom stereocenters. The highest BCUT2D eigenvalue weighted by atomic mass is 16.1. The van der Waals surface area contributed by atoms with Gasteiger partial charge in [-0.2, -0.15) is 0 Å². The molecule has 0 saturated carbocycles. The van der Waals surface area contributed by atoms with Crippen molar-refractivity contribution in [2.45, 2.75) is 27.7 Å². The molecule has 3 heteroatoms. The summed E-state index contributed by atoms with van der Waals surface area (Å²) >= 11 is 0. The first kappa shape index (κ1) is 15.4. The Bertz CT molecular complexity index is 655. The fourth-order valence-corrected chi connectivity index (χ4v) is 2.68. The third-order valence-electron chi connectivity index (χ3n) is 4.25. The number of carbonyl (C=O) groups excluding carboxylic acids is 1. The van der Waals surface area contributed by atoms with Crippen molar-refractivity contribution in [3.63, 3.8) is 0 Å². The summed E-state index contributed by atoms with van der Waals surface area (Å²) in [5.74, 6) is 0.182. The number of rotatable bonds is 5. The molecule has 0 bridgehead atoms. The molecule has 1 heterocycles. The van der Waals surface area contributed by atoms with Gasteiger partial charge in [-0.3, -0.25) is 4.79 Å². The summed E-state index contributed by atoms with van der Waals surface area (Å²) in [6, 6.07) is 10.2. The van der Waals surface area contributed by atoms with Crippen molar-refractivity contribution in [2.24, 2.45) is 7.05 Å². The second kappa shape index (κ2) is 6.17. The summed E-state index contributed by atoms with van der Waals surface area (Å²) in [6.45, 7) is 9.45. The van der Waals surface area contributed by atoms with Crippen molar-refractivity contribution in [1.82, 2.24) is 4.57 Å². The Morgan fingerprint density at radius 1 is 1.19 bits per heavy atom. The van der Waals surface area contributed by atoms with Crippen LogP contribution in [-0.2, 0) is 7.05 Å². The van der Waals surface area contributed by atoms with Gasteiger partial charge in [0.1, 0.15) is 0 Å². The standard InChI is InChI=1S/C18H24N2O/c1-6-20(17-10-8-7-9-13(17)2)12-18(21)16-11-14(3)19(5)15(16)4/h7-11H,6,12H2,1-5H3. The van der Waals surface area contributed by atoms with E-state index in [0.717, 1.165) is 29.2 Å². The molecule has 21 heavy (non-hydrogen) atoms. The highest BCUT2D eigenvalue weighted by molar-refractivity contribution is 6.00. The van der Waals surface area contributed by atoms with E-state index in [9.17, 15) is 4.79 Å². The Balaban J connectivity index is 2.25. The summed E-state index contributed by atoms with van der Waals surface area (Å²) < 4.78 is 2.07. The molecule has 0 unspecified atom stereocenters. The van der Waals surface area contributed by atoms with Crippen LogP contribution in [0.2, 0.25) is 0 Å². The van der Waals surface area contributed by atoms with Crippen LogP contribution >= 0.6 is 0 Å². The van der Waals surface area contributed by atoms with Gasteiger partial charge in [-0.1, -0.05) is 18.2 Å². The van der Waals surface area contributed by atoms with E-state index in [1.54, 1.807) is 0 Å². The maximum atomic E-state index is 12.6. The second-order valence-electron chi connectivity index (χ2n) is 5.57. The molecular formula is C18H24N2O. The molecule has 0 spiro atoms. The van der Waals surface area contributed by atoms with Crippen LogP contribution in [0.5, 0.6) is 0 Å². The lowest BCUT2D eigenvalue weighted by molar-refractivity contribution is 0.0998. The van der Waals surface area contributed by atoms with E-state index < -0.39 is 0 Å². The van der Waals surface area contributed by atoms with Crippen LogP contribution in [0.1, 0.15) is 34.2 Å². The minimum Gasteiger partial charge on any atom is -0.364 e. The van der Waals surface area contributed by atoms with E-state index in [4.69, 9.17) is 0 Å². The molecule has 0 aliphatic rings. The van der Waals surface area contributed by atoms with Gasteiger partial charge in [-0.25, -0.2) is 0 Å². The number of benzene rings is 1. The largest absolute Gasteiger partial charge is 0.364 e. The number of ketones is 1. The predicted octanol–water partition coefficient (Wildman–Crippen LogP) is 3.66. The fourth-order valence-electron chi connectivity index (χ4n) is 2.68. The number of hydrogen-bond donors (Lipinski definition) is 0. The van der Waals surface area contributed by atoms with Gasteiger partial charge in [0.2, 0.25) is 0 Å². The number of hydrogen-bond acceptors (Lipinski definition) is 2. The fraction of sp³-hybridized carbons (Fsp3) is 0.389. The summed E-state index contributed by atoms with van der Waals surface area (Å²) in [5.41, 5.74) is 5.34. The molecule has 3 nitrogen and oxygen atoms in total. The average molecular weight is 284 g/mol. The smallest absolute Gasteiger partial charge is 0.183 e. The Kier molecular flexibility index (Phi) is 4.51. The van der Waals surface area contributed by atoms with Crippen molar-refractivity contribution < 1.29 is 4.79 Å². The molecule has 0 radical (unpaired) electrons. The number of carbonyl (C=O) groups is 1. The monoisotopic (exact) mass is 284 g/mol. The lowest BCUT2D eigenvalue weighted by atomic mass is 10.1. The number of likely N-dealkylation sites (N-methyl/N-ethyl adjacent to an activating group) is 1. The molecule has 1 aromatic carbocycles. The van der Waals surface area contributed by atoms with Gasteiger partial charge < -0.3 is 9.47 Å². The topological polar surface area (TPSA) is 25.2 Å². The van der Waals surface area contributed by atoms with E-state index in [0.29, 0.717) is 6.54 Å². The van der Waals surface area contributed by atoms with Gasteiger partial charge in [0.05, 0.1) is 6.54 Å². The van der Waals surface area contributed by atoms with Crippen LogP contribution in [0.3, 0.4) is 0 Å². The number of aryl methyl sites for hydroxylation is 2. The molecule has 0 amide bonds. The molecule has 112 valence electrons. The molecule has 0 fully saturated rings. The van der Waals surface area contributed by atoms with E-state index in [1.807, 2.05) is 39.1 Å². The molecule has 0 N–H and O–H groups in total. The first-order valence-corrected chi connectivity index (χ1v) is 7.42. The third-order valence-corrected chi connectivity index (χ3v) is 4.25. The molecule has 0 aliphatic heterocycles. The Labute approximate surface area is 127 Å². The first-order valence-electron chi connectivity index (χ1n) is 7.42. The van der Waals surface area contributed by atoms with Gasteiger partial charge >= 0.3 is 0 Å². The minimum atomic E-state index is 0.182.